The molecule has 1 saturated heterocycles. The van der Waals surface area contributed by atoms with Crippen LogP contribution in [0.25, 0.3) is 0 Å². The van der Waals surface area contributed by atoms with Crippen LogP contribution >= 0.6 is 0 Å². The third-order valence-corrected chi connectivity index (χ3v) is 4.27. The zero-order chi connectivity index (χ0) is 13.2. The van der Waals surface area contributed by atoms with Gasteiger partial charge in [-0.25, -0.2) is 9.18 Å². The summed E-state index contributed by atoms with van der Waals surface area (Å²) in [5.74, 6) is 0.151. The van der Waals surface area contributed by atoms with Crippen LogP contribution in [0.5, 0.6) is 0 Å². The molecular formula is C14H18FN3O. The molecule has 1 aliphatic carbocycles. The monoisotopic (exact) mass is 263 g/mol. The van der Waals surface area contributed by atoms with Crippen molar-refractivity contribution in [3.05, 3.63) is 24.3 Å². The number of aromatic nitrogens is 1. The van der Waals surface area contributed by atoms with E-state index < -0.39 is 5.82 Å². The number of nitrogens with zero attached hydrogens (tertiary/aromatic N) is 2. The van der Waals surface area contributed by atoms with Crippen molar-refractivity contribution in [1.29, 1.82) is 0 Å². The first kappa shape index (κ1) is 12.4. The summed E-state index contributed by atoms with van der Waals surface area (Å²) in [7, 11) is 0. The van der Waals surface area contributed by atoms with Gasteiger partial charge in [-0.15, -0.1) is 0 Å². The van der Waals surface area contributed by atoms with Gasteiger partial charge < -0.3 is 10.2 Å². The minimum absolute atomic E-state index is 0.179. The molecule has 19 heavy (non-hydrogen) atoms. The van der Waals surface area contributed by atoms with Crippen LogP contribution in [-0.2, 0) is 0 Å². The van der Waals surface area contributed by atoms with Gasteiger partial charge in [0.05, 0.1) is 11.9 Å². The largest absolute Gasteiger partial charge is 0.322 e. The highest BCUT2D eigenvalue weighted by molar-refractivity contribution is 5.89. The molecule has 1 aromatic rings. The Morgan fingerprint density at radius 3 is 3.05 bits per heavy atom. The topological polar surface area (TPSA) is 45.2 Å². The van der Waals surface area contributed by atoms with Crippen LogP contribution in [0.1, 0.15) is 32.1 Å². The maximum Gasteiger partial charge on any atom is 0.322 e. The molecule has 4 nitrogen and oxygen atoms in total. The number of amides is 2. The number of hydrogen-bond acceptors (Lipinski definition) is 2. The average Bonchev–Trinajstić information content (AvgIpc) is 2.89. The molecule has 2 amide bonds. The Morgan fingerprint density at radius 1 is 1.37 bits per heavy atom. The number of carbonyl (C=O) groups is 1. The molecule has 0 aromatic carbocycles. The molecular weight excluding hydrogens is 245 g/mol. The first-order chi connectivity index (χ1) is 9.25. The number of carbonyl (C=O) groups excluding carboxylic acids is 1. The molecule has 5 heteroatoms. The molecule has 1 saturated carbocycles. The SMILES string of the molecule is O=C(Nc1ccncc1F)N1CCC[C@H]2CCC[C@@H]21. The van der Waals surface area contributed by atoms with Crippen molar-refractivity contribution in [2.45, 2.75) is 38.1 Å². The summed E-state index contributed by atoms with van der Waals surface area (Å²) < 4.78 is 13.5. The molecule has 2 aliphatic rings. The second-order valence-corrected chi connectivity index (χ2v) is 5.38. The molecule has 2 heterocycles. The first-order valence-electron chi connectivity index (χ1n) is 6.93. The molecule has 1 aliphatic heterocycles. The number of fused-ring (bicyclic) bond motifs is 1. The van der Waals surface area contributed by atoms with Gasteiger partial charge >= 0.3 is 6.03 Å². The maximum atomic E-state index is 13.5. The molecule has 102 valence electrons. The highest BCUT2D eigenvalue weighted by Gasteiger charge is 2.37. The van der Waals surface area contributed by atoms with Crippen LogP contribution in [0.4, 0.5) is 14.9 Å². The van der Waals surface area contributed by atoms with E-state index in [0.717, 1.165) is 25.6 Å². The zero-order valence-electron chi connectivity index (χ0n) is 10.8. The van der Waals surface area contributed by atoms with Gasteiger partial charge in [0.2, 0.25) is 0 Å². The van der Waals surface area contributed by atoms with Crippen LogP contribution in [0, 0.1) is 11.7 Å². The highest BCUT2D eigenvalue weighted by Crippen LogP contribution is 2.36. The van der Waals surface area contributed by atoms with E-state index in [4.69, 9.17) is 0 Å². The Kier molecular flexibility index (Phi) is 3.36. The van der Waals surface area contributed by atoms with Gasteiger partial charge in [0.25, 0.3) is 0 Å². The highest BCUT2D eigenvalue weighted by atomic mass is 19.1. The molecule has 0 unspecified atom stereocenters. The molecule has 1 N–H and O–H groups in total. The Balaban J connectivity index is 1.71. The molecule has 0 bridgehead atoms. The van der Waals surface area contributed by atoms with Gasteiger partial charge in [0.15, 0.2) is 5.82 Å². The van der Waals surface area contributed by atoms with E-state index in [1.54, 1.807) is 0 Å². The van der Waals surface area contributed by atoms with E-state index in [1.165, 1.54) is 31.5 Å². The van der Waals surface area contributed by atoms with E-state index >= 15 is 0 Å². The normalized spacial score (nSPS) is 26.1. The van der Waals surface area contributed by atoms with E-state index in [0.29, 0.717) is 12.0 Å². The lowest BCUT2D eigenvalue weighted by Crippen LogP contribution is -2.48. The summed E-state index contributed by atoms with van der Waals surface area (Å²) in [6, 6.07) is 1.66. The third kappa shape index (κ3) is 2.41. The van der Waals surface area contributed by atoms with Gasteiger partial charge in [-0.1, -0.05) is 6.42 Å². The van der Waals surface area contributed by atoms with E-state index in [9.17, 15) is 9.18 Å². The first-order valence-corrected chi connectivity index (χ1v) is 6.93. The van der Waals surface area contributed by atoms with Crippen molar-refractivity contribution in [2.24, 2.45) is 5.92 Å². The third-order valence-electron chi connectivity index (χ3n) is 4.27. The van der Waals surface area contributed by atoms with Gasteiger partial charge in [0, 0.05) is 18.8 Å². The van der Waals surface area contributed by atoms with Crippen molar-refractivity contribution in [3.8, 4) is 0 Å². The van der Waals surface area contributed by atoms with Crippen LogP contribution in [-0.4, -0.2) is 28.5 Å². The fourth-order valence-electron chi connectivity index (χ4n) is 3.37. The van der Waals surface area contributed by atoms with Crippen LogP contribution in [0.3, 0.4) is 0 Å². The Morgan fingerprint density at radius 2 is 2.21 bits per heavy atom. The fourth-order valence-corrected chi connectivity index (χ4v) is 3.37. The summed E-state index contributed by atoms with van der Waals surface area (Å²) in [6.45, 7) is 0.777. The molecule has 3 rings (SSSR count). The number of nitrogens with one attached hydrogen (secondary N) is 1. The number of anilines is 1. The number of halogens is 1. The van der Waals surface area contributed by atoms with Crippen molar-refractivity contribution < 1.29 is 9.18 Å². The summed E-state index contributed by atoms with van der Waals surface area (Å²) in [6.07, 6.45) is 8.36. The number of rotatable bonds is 1. The number of piperidine rings is 1. The molecule has 0 spiro atoms. The lowest BCUT2D eigenvalue weighted by atomic mass is 9.92. The van der Waals surface area contributed by atoms with E-state index in [2.05, 4.69) is 10.3 Å². The predicted octanol–water partition coefficient (Wildman–Crippen LogP) is 3.02. The van der Waals surface area contributed by atoms with Crippen molar-refractivity contribution in [3.63, 3.8) is 0 Å². The summed E-state index contributed by atoms with van der Waals surface area (Å²) in [4.78, 5) is 17.9. The minimum Gasteiger partial charge on any atom is -0.321 e. The van der Waals surface area contributed by atoms with E-state index in [-0.39, 0.29) is 11.7 Å². The van der Waals surface area contributed by atoms with Gasteiger partial charge in [-0.3, -0.25) is 4.98 Å². The van der Waals surface area contributed by atoms with Gasteiger partial charge in [-0.05, 0) is 37.7 Å². The standard InChI is InChI=1S/C14H18FN3O/c15-11-9-16-7-6-12(11)17-14(19)18-8-2-4-10-3-1-5-13(10)18/h6-7,9-10,13H,1-5,8H2,(H,16,17,19)/t10-,13+/m1/s1. The molecule has 2 atom stereocenters. The van der Waals surface area contributed by atoms with E-state index in [1.807, 2.05) is 4.90 Å². The zero-order valence-corrected chi connectivity index (χ0v) is 10.8. The van der Waals surface area contributed by atoms with Crippen molar-refractivity contribution in [2.75, 3.05) is 11.9 Å². The number of urea groups is 1. The number of hydrogen-bond donors (Lipinski definition) is 1. The Bertz CT molecular complexity index is 480. The van der Waals surface area contributed by atoms with Gasteiger partial charge in [-0.2, -0.15) is 0 Å². The second kappa shape index (κ2) is 5.15. The predicted molar refractivity (Wildman–Crippen MR) is 70.3 cm³/mol. The lowest BCUT2D eigenvalue weighted by molar-refractivity contribution is 0.138. The molecule has 2 fully saturated rings. The summed E-state index contributed by atoms with van der Waals surface area (Å²) >= 11 is 0. The maximum absolute atomic E-state index is 13.5. The fraction of sp³-hybridized carbons (Fsp3) is 0.571. The number of pyridine rings is 1. The van der Waals surface area contributed by atoms with Crippen LogP contribution < -0.4 is 5.32 Å². The van der Waals surface area contributed by atoms with Crippen molar-refractivity contribution >= 4 is 11.7 Å². The van der Waals surface area contributed by atoms with Crippen LogP contribution in [0.15, 0.2) is 18.5 Å². The quantitative estimate of drug-likeness (QED) is 0.846. The smallest absolute Gasteiger partial charge is 0.321 e. The Labute approximate surface area is 112 Å². The molecule has 1 aromatic heterocycles. The average molecular weight is 263 g/mol. The van der Waals surface area contributed by atoms with Gasteiger partial charge in [0.1, 0.15) is 0 Å². The summed E-state index contributed by atoms with van der Waals surface area (Å²) in [5.41, 5.74) is 0.208. The van der Waals surface area contributed by atoms with Crippen LogP contribution in [0.2, 0.25) is 0 Å². The van der Waals surface area contributed by atoms with Crippen molar-refractivity contribution in [1.82, 2.24) is 9.88 Å². The number of likely N-dealkylation sites (tertiary alicyclic amines) is 1. The lowest BCUT2D eigenvalue weighted by Gasteiger charge is -2.37. The second-order valence-electron chi connectivity index (χ2n) is 5.38. The minimum atomic E-state index is -0.490. The summed E-state index contributed by atoms with van der Waals surface area (Å²) in [5, 5.41) is 2.66. The molecule has 0 radical (unpaired) electrons. The Hall–Kier alpha value is -1.65.